The fourth-order valence-corrected chi connectivity index (χ4v) is 3.08. The topological polar surface area (TPSA) is 66.8 Å². The molecule has 0 saturated heterocycles. The van der Waals surface area contributed by atoms with Gasteiger partial charge in [0.25, 0.3) is 0 Å². The first kappa shape index (κ1) is 17.9. The summed E-state index contributed by atoms with van der Waals surface area (Å²) in [6.07, 6.45) is 6.35. The zero-order valence-electron chi connectivity index (χ0n) is 16.0. The lowest BCUT2D eigenvalue weighted by Crippen LogP contribution is -2.23. The SMILES string of the molecule is Cc1cc(Nc2cccc3cccnc23)nc(N(C)CCc2ccncc2)n1. The van der Waals surface area contributed by atoms with Gasteiger partial charge in [-0.1, -0.05) is 18.2 Å². The number of hydrogen-bond acceptors (Lipinski definition) is 6. The molecule has 0 aliphatic heterocycles. The summed E-state index contributed by atoms with van der Waals surface area (Å²) >= 11 is 0. The molecule has 0 aliphatic carbocycles. The van der Waals surface area contributed by atoms with Crippen LogP contribution in [0.25, 0.3) is 10.9 Å². The monoisotopic (exact) mass is 370 g/mol. The highest BCUT2D eigenvalue weighted by Crippen LogP contribution is 2.24. The van der Waals surface area contributed by atoms with Gasteiger partial charge in [0.05, 0.1) is 11.2 Å². The molecule has 1 aromatic carbocycles. The van der Waals surface area contributed by atoms with Gasteiger partial charge in [-0.25, -0.2) is 4.98 Å². The maximum atomic E-state index is 4.71. The largest absolute Gasteiger partial charge is 0.343 e. The van der Waals surface area contributed by atoms with E-state index in [1.807, 2.05) is 62.8 Å². The van der Waals surface area contributed by atoms with Gasteiger partial charge < -0.3 is 10.2 Å². The van der Waals surface area contributed by atoms with Crippen LogP contribution in [0.15, 0.2) is 67.1 Å². The van der Waals surface area contributed by atoms with Gasteiger partial charge >= 0.3 is 0 Å². The minimum absolute atomic E-state index is 0.699. The fraction of sp³-hybridized carbons (Fsp3) is 0.182. The molecule has 0 unspecified atom stereocenters. The number of pyridine rings is 2. The Labute approximate surface area is 164 Å². The molecule has 0 fully saturated rings. The number of nitrogens with zero attached hydrogens (tertiary/aromatic N) is 5. The number of aryl methyl sites for hydroxylation is 1. The van der Waals surface area contributed by atoms with Crippen LogP contribution in [0.3, 0.4) is 0 Å². The van der Waals surface area contributed by atoms with Crippen molar-refractivity contribution in [1.82, 2.24) is 19.9 Å². The maximum Gasteiger partial charge on any atom is 0.227 e. The van der Waals surface area contributed by atoms with Crippen molar-refractivity contribution in [1.29, 1.82) is 0 Å². The van der Waals surface area contributed by atoms with E-state index in [-0.39, 0.29) is 0 Å². The van der Waals surface area contributed by atoms with Crippen molar-refractivity contribution >= 4 is 28.4 Å². The van der Waals surface area contributed by atoms with Crippen molar-refractivity contribution in [2.75, 3.05) is 23.8 Å². The smallest absolute Gasteiger partial charge is 0.227 e. The molecule has 0 radical (unpaired) electrons. The molecule has 6 heteroatoms. The van der Waals surface area contributed by atoms with Crippen molar-refractivity contribution in [3.05, 3.63) is 78.4 Å². The van der Waals surface area contributed by atoms with E-state index in [9.17, 15) is 0 Å². The number of benzene rings is 1. The van der Waals surface area contributed by atoms with Gasteiger partial charge in [-0.05, 0) is 43.2 Å². The van der Waals surface area contributed by atoms with Gasteiger partial charge in [-0.3, -0.25) is 9.97 Å². The predicted molar refractivity (Wildman–Crippen MR) is 113 cm³/mol. The molecule has 28 heavy (non-hydrogen) atoms. The number of nitrogens with one attached hydrogen (secondary N) is 1. The number of fused-ring (bicyclic) bond motifs is 1. The molecule has 3 aromatic heterocycles. The molecule has 0 amide bonds. The Morgan fingerprint density at radius 2 is 1.79 bits per heavy atom. The lowest BCUT2D eigenvalue weighted by Gasteiger charge is -2.18. The van der Waals surface area contributed by atoms with E-state index in [0.717, 1.165) is 41.1 Å². The molecule has 0 atom stereocenters. The highest BCUT2D eigenvalue weighted by Gasteiger charge is 2.09. The van der Waals surface area contributed by atoms with E-state index in [1.165, 1.54) is 5.56 Å². The second-order valence-electron chi connectivity index (χ2n) is 6.73. The molecule has 0 saturated carbocycles. The first-order valence-electron chi connectivity index (χ1n) is 9.25. The summed E-state index contributed by atoms with van der Waals surface area (Å²) in [6.45, 7) is 2.80. The Kier molecular flexibility index (Phi) is 5.10. The van der Waals surface area contributed by atoms with Crippen LogP contribution in [-0.2, 0) is 6.42 Å². The van der Waals surface area contributed by atoms with Crippen molar-refractivity contribution in [2.24, 2.45) is 0 Å². The predicted octanol–water partition coefficient (Wildman–Crippen LogP) is 4.15. The van der Waals surface area contributed by atoms with Crippen LogP contribution >= 0.6 is 0 Å². The number of aromatic nitrogens is 4. The van der Waals surface area contributed by atoms with Crippen LogP contribution in [0, 0.1) is 6.92 Å². The maximum absolute atomic E-state index is 4.71. The van der Waals surface area contributed by atoms with Gasteiger partial charge in [0.2, 0.25) is 5.95 Å². The molecule has 4 aromatic rings. The van der Waals surface area contributed by atoms with E-state index >= 15 is 0 Å². The van der Waals surface area contributed by atoms with E-state index in [4.69, 9.17) is 4.98 Å². The van der Waals surface area contributed by atoms with E-state index in [1.54, 1.807) is 6.20 Å². The number of hydrogen-bond donors (Lipinski definition) is 1. The Hall–Kier alpha value is -3.54. The first-order valence-corrected chi connectivity index (χ1v) is 9.25. The van der Waals surface area contributed by atoms with Crippen molar-refractivity contribution in [2.45, 2.75) is 13.3 Å². The van der Waals surface area contributed by atoms with Gasteiger partial charge in [0.1, 0.15) is 5.82 Å². The molecule has 6 nitrogen and oxygen atoms in total. The number of para-hydroxylation sites is 1. The van der Waals surface area contributed by atoms with Crippen LogP contribution in [0.1, 0.15) is 11.3 Å². The second kappa shape index (κ2) is 8.00. The Morgan fingerprint density at radius 3 is 2.64 bits per heavy atom. The normalized spacial score (nSPS) is 10.8. The highest BCUT2D eigenvalue weighted by atomic mass is 15.2. The molecule has 0 spiro atoms. The van der Waals surface area contributed by atoms with Gasteiger partial charge in [0, 0.05) is 49.3 Å². The lowest BCUT2D eigenvalue weighted by molar-refractivity contribution is 0.833. The zero-order valence-corrected chi connectivity index (χ0v) is 16.0. The van der Waals surface area contributed by atoms with Crippen molar-refractivity contribution < 1.29 is 0 Å². The molecule has 1 N–H and O–H groups in total. The van der Waals surface area contributed by atoms with E-state index < -0.39 is 0 Å². The summed E-state index contributed by atoms with van der Waals surface area (Å²) < 4.78 is 0. The summed E-state index contributed by atoms with van der Waals surface area (Å²) in [6, 6.07) is 16.1. The number of rotatable bonds is 6. The molecule has 4 rings (SSSR count). The van der Waals surface area contributed by atoms with Crippen LogP contribution in [0.5, 0.6) is 0 Å². The summed E-state index contributed by atoms with van der Waals surface area (Å²) in [5, 5.41) is 4.50. The first-order chi connectivity index (χ1) is 13.7. The minimum atomic E-state index is 0.699. The summed E-state index contributed by atoms with van der Waals surface area (Å²) in [4.78, 5) is 19.9. The van der Waals surface area contributed by atoms with E-state index in [0.29, 0.717) is 5.95 Å². The van der Waals surface area contributed by atoms with Crippen molar-refractivity contribution in [3.8, 4) is 0 Å². The van der Waals surface area contributed by atoms with Crippen molar-refractivity contribution in [3.63, 3.8) is 0 Å². The van der Waals surface area contributed by atoms with Crippen LogP contribution in [0.2, 0.25) is 0 Å². The summed E-state index contributed by atoms with van der Waals surface area (Å²) in [7, 11) is 2.01. The second-order valence-corrected chi connectivity index (χ2v) is 6.73. The van der Waals surface area contributed by atoms with Gasteiger partial charge in [-0.2, -0.15) is 4.98 Å². The van der Waals surface area contributed by atoms with Crippen LogP contribution in [0.4, 0.5) is 17.5 Å². The molecular formula is C22H22N6. The third-order valence-corrected chi connectivity index (χ3v) is 4.56. The molecular weight excluding hydrogens is 348 g/mol. The van der Waals surface area contributed by atoms with Gasteiger partial charge in [0.15, 0.2) is 0 Å². The molecule has 3 heterocycles. The highest BCUT2D eigenvalue weighted by molar-refractivity contribution is 5.91. The molecule has 0 bridgehead atoms. The zero-order chi connectivity index (χ0) is 19.3. The van der Waals surface area contributed by atoms with Crippen LogP contribution < -0.4 is 10.2 Å². The van der Waals surface area contributed by atoms with E-state index in [2.05, 4.69) is 37.3 Å². The lowest BCUT2D eigenvalue weighted by atomic mass is 10.2. The number of anilines is 3. The fourth-order valence-electron chi connectivity index (χ4n) is 3.08. The standard InChI is InChI=1S/C22H22N6/c1-16-15-20(26-19-7-3-5-18-6-4-11-24-21(18)19)27-22(25-16)28(2)14-10-17-8-12-23-13-9-17/h3-9,11-13,15H,10,14H2,1-2H3,(H,25,26,27). The quantitative estimate of drug-likeness (QED) is 0.550. The number of likely N-dealkylation sites (N-methyl/N-ethyl adjacent to an activating group) is 1. The average molecular weight is 370 g/mol. The Morgan fingerprint density at radius 1 is 0.964 bits per heavy atom. The minimum Gasteiger partial charge on any atom is -0.343 e. The summed E-state index contributed by atoms with van der Waals surface area (Å²) in [5.74, 6) is 1.46. The third-order valence-electron chi connectivity index (χ3n) is 4.56. The summed E-state index contributed by atoms with van der Waals surface area (Å²) in [5.41, 5.74) is 4.02. The third kappa shape index (κ3) is 4.06. The average Bonchev–Trinajstić information content (AvgIpc) is 2.72. The Balaban J connectivity index is 1.55. The van der Waals surface area contributed by atoms with Gasteiger partial charge in [-0.15, -0.1) is 0 Å². The van der Waals surface area contributed by atoms with Crippen LogP contribution in [-0.4, -0.2) is 33.5 Å². The Bertz CT molecular complexity index is 1080. The molecule has 140 valence electrons. The molecule has 0 aliphatic rings.